The molecule has 0 spiro atoms. The van der Waals surface area contributed by atoms with E-state index in [9.17, 15) is 9.59 Å². The number of benzene rings is 1. The Bertz CT molecular complexity index is 566. The molecular weight excluding hydrogens is 228 g/mol. The van der Waals surface area contributed by atoms with Gasteiger partial charge < -0.3 is 14.6 Å². The smallest absolute Gasteiger partial charge is 0.338 e. The van der Waals surface area contributed by atoms with Gasteiger partial charge in [0.25, 0.3) is 0 Å². The molecule has 1 unspecified atom stereocenters. The van der Waals surface area contributed by atoms with Crippen molar-refractivity contribution in [3.63, 3.8) is 0 Å². The van der Waals surface area contributed by atoms with Crippen molar-refractivity contribution in [2.24, 2.45) is 10.2 Å². The molecule has 0 aromatic heterocycles. The predicted molar refractivity (Wildman–Crippen MR) is 52.8 cm³/mol. The molecule has 0 fully saturated rings. The first-order valence-electron chi connectivity index (χ1n) is 4.78. The molecule has 1 N–H and O–H groups in total. The van der Waals surface area contributed by atoms with Crippen LogP contribution in [0.4, 0.5) is 5.69 Å². The summed E-state index contributed by atoms with van der Waals surface area (Å²) in [6.07, 6.45) is 0. The first-order valence-corrected chi connectivity index (χ1v) is 4.78. The summed E-state index contributed by atoms with van der Waals surface area (Å²) in [5, 5.41) is 16.0. The highest BCUT2D eigenvalue weighted by atomic mass is 16.7. The van der Waals surface area contributed by atoms with Crippen molar-refractivity contribution in [2.75, 3.05) is 6.79 Å². The third-order valence-corrected chi connectivity index (χ3v) is 2.52. The number of carboxylic acid groups (broad SMARTS) is 1. The van der Waals surface area contributed by atoms with Gasteiger partial charge in [0.2, 0.25) is 18.6 Å². The summed E-state index contributed by atoms with van der Waals surface area (Å²) in [7, 11) is 0. The minimum Gasteiger partial charge on any atom is -0.479 e. The molecule has 2 aliphatic heterocycles. The normalized spacial score (nSPS) is 20.2. The largest absolute Gasteiger partial charge is 0.479 e. The molecule has 2 heterocycles. The van der Waals surface area contributed by atoms with E-state index in [1.807, 2.05) is 0 Å². The Morgan fingerprint density at radius 2 is 2.06 bits per heavy atom. The third-order valence-electron chi connectivity index (χ3n) is 2.52. The minimum atomic E-state index is -1.47. The van der Waals surface area contributed by atoms with E-state index in [1.165, 1.54) is 12.1 Å². The quantitative estimate of drug-likeness (QED) is 0.735. The number of Topliss-reactive ketones (excluding diaryl/α,β-unsaturated/α-hetero) is 1. The van der Waals surface area contributed by atoms with E-state index < -0.39 is 17.8 Å². The lowest BCUT2D eigenvalue weighted by Gasteiger charge is -2.13. The molecule has 7 nitrogen and oxygen atoms in total. The minimum absolute atomic E-state index is 0.0753. The number of ketones is 1. The van der Waals surface area contributed by atoms with Crippen LogP contribution >= 0.6 is 0 Å². The second kappa shape index (κ2) is 3.27. The molecule has 0 saturated heterocycles. The van der Waals surface area contributed by atoms with Gasteiger partial charge in [-0.3, -0.25) is 4.79 Å². The van der Waals surface area contributed by atoms with Crippen LogP contribution in [0.3, 0.4) is 0 Å². The van der Waals surface area contributed by atoms with Crippen LogP contribution in [0.15, 0.2) is 22.4 Å². The number of nitrogens with zero attached hydrogens (tertiary/aromatic N) is 2. The summed E-state index contributed by atoms with van der Waals surface area (Å²) >= 11 is 0. The number of carbonyl (C=O) groups excluding carboxylic acids is 1. The van der Waals surface area contributed by atoms with Crippen LogP contribution in [-0.2, 0) is 4.79 Å². The number of carbonyl (C=O) groups is 2. The van der Waals surface area contributed by atoms with Crippen molar-refractivity contribution >= 4 is 17.4 Å². The summed E-state index contributed by atoms with van der Waals surface area (Å²) in [5.41, 5.74) is 0.494. The number of azo groups is 1. The van der Waals surface area contributed by atoms with Gasteiger partial charge in [0.1, 0.15) is 5.69 Å². The number of carboxylic acids is 1. The van der Waals surface area contributed by atoms with Gasteiger partial charge in [0, 0.05) is 6.07 Å². The van der Waals surface area contributed by atoms with E-state index in [1.54, 1.807) is 0 Å². The number of rotatable bonds is 1. The van der Waals surface area contributed by atoms with Crippen molar-refractivity contribution in [3.8, 4) is 11.5 Å². The molecule has 0 radical (unpaired) electrons. The summed E-state index contributed by atoms with van der Waals surface area (Å²) in [5.74, 6) is -1.02. The Morgan fingerprint density at radius 1 is 1.35 bits per heavy atom. The number of aliphatic carboxylic acids is 1. The van der Waals surface area contributed by atoms with Crippen molar-refractivity contribution in [1.29, 1.82) is 0 Å². The van der Waals surface area contributed by atoms with Crippen LogP contribution < -0.4 is 9.47 Å². The van der Waals surface area contributed by atoms with Crippen molar-refractivity contribution < 1.29 is 24.2 Å². The second-order valence-corrected chi connectivity index (χ2v) is 3.54. The fourth-order valence-corrected chi connectivity index (χ4v) is 1.69. The standard InChI is InChI=1S/C10H6N2O5/c13-9-4-1-6-7(17-3-16-6)2-5(4)11-12-8(9)10(14)15/h1-2,8H,3H2,(H,14,15). The molecule has 0 bridgehead atoms. The van der Waals surface area contributed by atoms with E-state index in [-0.39, 0.29) is 12.4 Å². The number of fused-ring (bicyclic) bond motifs is 2. The van der Waals surface area contributed by atoms with Gasteiger partial charge in [-0.25, -0.2) is 4.79 Å². The van der Waals surface area contributed by atoms with Crippen LogP contribution in [0, 0.1) is 0 Å². The third kappa shape index (κ3) is 1.36. The molecule has 7 heteroatoms. The Labute approximate surface area is 94.7 Å². The van der Waals surface area contributed by atoms with Crippen LogP contribution in [0.2, 0.25) is 0 Å². The van der Waals surface area contributed by atoms with Crippen LogP contribution in [-0.4, -0.2) is 29.7 Å². The Hall–Kier alpha value is -2.44. The fourth-order valence-electron chi connectivity index (χ4n) is 1.69. The maximum Gasteiger partial charge on any atom is 0.338 e. The van der Waals surface area contributed by atoms with Gasteiger partial charge in [-0.05, 0) is 6.07 Å². The molecule has 0 amide bonds. The highest BCUT2D eigenvalue weighted by molar-refractivity contribution is 6.15. The molecule has 2 aliphatic rings. The average Bonchev–Trinajstić information content (AvgIpc) is 2.73. The maximum absolute atomic E-state index is 11.8. The first-order chi connectivity index (χ1) is 8.16. The predicted octanol–water partition coefficient (Wildman–Crippen LogP) is 1.15. The fraction of sp³-hybridized carbons (Fsp3) is 0.200. The highest BCUT2D eigenvalue weighted by Gasteiger charge is 2.34. The maximum atomic E-state index is 11.8. The Balaban J connectivity index is 2.12. The van der Waals surface area contributed by atoms with Crippen molar-refractivity contribution in [2.45, 2.75) is 6.04 Å². The van der Waals surface area contributed by atoms with Gasteiger partial charge in [-0.15, -0.1) is 0 Å². The zero-order valence-electron chi connectivity index (χ0n) is 8.41. The van der Waals surface area contributed by atoms with Gasteiger partial charge in [-0.1, -0.05) is 0 Å². The lowest BCUT2D eigenvalue weighted by molar-refractivity contribution is -0.137. The second-order valence-electron chi connectivity index (χ2n) is 3.54. The topological polar surface area (TPSA) is 97.6 Å². The monoisotopic (exact) mass is 234 g/mol. The van der Waals surface area contributed by atoms with Crippen molar-refractivity contribution in [3.05, 3.63) is 17.7 Å². The van der Waals surface area contributed by atoms with E-state index in [0.717, 1.165) is 0 Å². The van der Waals surface area contributed by atoms with Gasteiger partial charge in [0.05, 0.1) is 5.56 Å². The number of hydrogen-bond acceptors (Lipinski definition) is 6. The van der Waals surface area contributed by atoms with E-state index in [0.29, 0.717) is 17.2 Å². The first kappa shape index (κ1) is 9.76. The molecule has 17 heavy (non-hydrogen) atoms. The summed E-state index contributed by atoms with van der Waals surface area (Å²) in [4.78, 5) is 22.6. The van der Waals surface area contributed by atoms with Crippen LogP contribution in [0.1, 0.15) is 10.4 Å². The van der Waals surface area contributed by atoms with E-state index >= 15 is 0 Å². The zero-order chi connectivity index (χ0) is 12.0. The number of hydrogen-bond donors (Lipinski definition) is 1. The van der Waals surface area contributed by atoms with E-state index in [4.69, 9.17) is 14.6 Å². The van der Waals surface area contributed by atoms with Crippen LogP contribution in [0.5, 0.6) is 11.5 Å². The molecule has 0 aliphatic carbocycles. The lowest BCUT2D eigenvalue weighted by Crippen LogP contribution is -2.29. The molecule has 3 rings (SSSR count). The van der Waals surface area contributed by atoms with Crippen molar-refractivity contribution in [1.82, 2.24) is 0 Å². The Morgan fingerprint density at radius 3 is 2.76 bits per heavy atom. The summed E-state index contributed by atoms with van der Waals surface area (Å²) in [6.45, 7) is 0.0753. The molecule has 1 aromatic rings. The van der Waals surface area contributed by atoms with E-state index in [2.05, 4.69) is 10.2 Å². The van der Waals surface area contributed by atoms with Gasteiger partial charge in [0.15, 0.2) is 11.5 Å². The highest BCUT2D eigenvalue weighted by Crippen LogP contribution is 2.40. The zero-order valence-corrected chi connectivity index (χ0v) is 8.41. The molecule has 1 atom stereocenters. The molecule has 1 aromatic carbocycles. The number of ether oxygens (including phenoxy) is 2. The molecule has 86 valence electrons. The lowest BCUT2D eigenvalue weighted by atomic mass is 10.0. The molecular formula is C10H6N2O5. The van der Waals surface area contributed by atoms with Gasteiger partial charge >= 0.3 is 5.97 Å². The Kier molecular flexibility index (Phi) is 1.88. The molecule has 0 saturated carbocycles. The summed E-state index contributed by atoms with van der Waals surface area (Å²) < 4.78 is 10.2. The average molecular weight is 234 g/mol. The van der Waals surface area contributed by atoms with Gasteiger partial charge in [-0.2, -0.15) is 10.2 Å². The summed E-state index contributed by atoms with van der Waals surface area (Å²) in [6, 6.07) is 1.48. The SMILES string of the molecule is O=C(O)C1N=Nc2cc3c(cc2C1=O)OCO3. The van der Waals surface area contributed by atoms with Crippen LogP contribution in [0.25, 0.3) is 0 Å².